The Bertz CT molecular complexity index is 981. The summed E-state index contributed by atoms with van der Waals surface area (Å²) >= 11 is 0. The van der Waals surface area contributed by atoms with E-state index >= 15 is 0 Å². The van der Waals surface area contributed by atoms with E-state index in [0.717, 1.165) is 16.3 Å². The van der Waals surface area contributed by atoms with Gasteiger partial charge in [-0.3, -0.25) is 4.79 Å². The molecule has 0 atom stereocenters. The number of aryl methyl sites for hydroxylation is 1. The van der Waals surface area contributed by atoms with Crippen LogP contribution in [0.3, 0.4) is 0 Å². The molecular formula is C17H16F6N2O5. The van der Waals surface area contributed by atoms with Gasteiger partial charge in [0.15, 0.2) is 0 Å². The second kappa shape index (κ2) is 9.61. The van der Waals surface area contributed by atoms with Crippen LogP contribution in [0.1, 0.15) is 22.3 Å². The Hall–Kier alpha value is -3.09. The van der Waals surface area contributed by atoms with E-state index in [1.165, 1.54) is 12.1 Å². The highest BCUT2D eigenvalue weighted by Crippen LogP contribution is 2.22. The molecule has 0 amide bonds. The molecule has 4 N–H and O–H groups in total. The van der Waals surface area contributed by atoms with Crippen molar-refractivity contribution in [2.45, 2.75) is 31.7 Å². The Morgan fingerprint density at radius 1 is 1.07 bits per heavy atom. The number of pyridine rings is 1. The Morgan fingerprint density at radius 2 is 1.63 bits per heavy atom. The first-order valence-corrected chi connectivity index (χ1v) is 8.13. The van der Waals surface area contributed by atoms with E-state index in [1.54, 1.807) is 6.07 Å². The summed E-state index contributed by atoms with van der Waals surface area (Å²) in [6.07, 6.45) is -7.67. The third kappa shape index (κ3) is 7.06. The van der Waals surface area contributed by atoms with Gasteiger partial charge in [0, 0.05) is 11.6 Å². The highest BCUT2D eigenvalue weighted by atomic mass is 19.4. The molecule has 1 heterocycles. The van der Waals surface area contributed by atoms with Crippen molar-refractivity contribution < 1.29 is 46.1 Å². The number of hydrogen-bond acceptors (Lipinski definition) is 4. The predicted octanol–water partition coefficient (Wildman–Crippen LogP) is 2.79. The number of rotatable bonds is 5. The van der Waals surface area contributed by atoms with Gasteiger partial charge in [0.2, 0.25) is 5.43 Å². The molecule has 1 aromatic heterocycles. The summed E-state index contributed by atoms with van der Waals surface area (Å²) in [5, 5.41) is 16.1. The van der Waals surface area contributed by atoms with Crippen molar-refractivity contribution in [3.63, 3.8) is 0 Å². The van der Waals surface area contributed by atoms with Crippen LogP contribution in [-0.2, 0) is 17.8 Å². The maximum atomic E-state index is 12.7. The van der Waals surface area contributed by atoms with E-state index in [0.29, 0.717) is 19.4 Å². The number of aromatic carboxylic acids is 1. The maximum absolute atomic E-state index is 12.7. The number of carbonyl (C=O) groups is 2. The second-order valence-corrected chi connectivity index (χ2v) is 5.97. The monoisotopic (exact) mass is 442 g/mol. The first kappa shape index (κ1) is 24.9. The zero-order valence-corrected chi connectivity index (χ0v) is 15.0. The summed E-state index contributed by atoms with van der Waals surface area (Å²) in [7, 11) is 0. The van der Waals surface area contributed by atoms with Crippen molar-refractivity contribution in [2.24, 2.45) is 5.73 Å². The summed E-state index contributed by atoms with van der Waals surface area (Å²) < 4.78 is 70.5. The molecule has 2 aromatic rings. The molecule has 0 aliphatic carbocycles. The summed E-state index contributed by atoms with van der Waals surface area (Å²) in [4.78, 5) is 32.2. The largest absolute Gasteiger partial charge is 0.490 e. The number of fused-ring (bicyclic) bond motifs is 1. The van der Waals surface area contributed by atoms with E-state index in [1.807, 2.05) is 0 Å². The van der Waals surface area contributed by atoms with Crippen LogP contribution in [0.4, 0.5) is 26.3 Å². The topological polar surface area (TPSA) is 123 Å². The molecule has 0 radical (unpaired) electrons. The van der Waals surface area contributed by atoms with Crippen LogP contribution in [0.15, 0.2) is 29.2 Å². The molecule has 166 valence electrons. The molecule has 0 unspecified atom stereocenters. The van der Waals surface area contributed by atoms with Crippen LogP contribution < -0.4 is 11.2 Å². The molecule has 0 aliphatic rings. The Kier molecular flexibility index (Phi) is 7.99. The van der Waals surface area contributed by atoms with Gasteiger partial charge in [-0.05, 0) is 37.1 Å². The summed E-state index contributed by atoms with van der Waals surface area (Å²) in [5.41, 5.74) is 4.71. The minimum Gasteiger partial charge on any atom is -0.477 e. The molecule has 1 aromatic carbocycles. The lowest BCUT2D eigenvalue weighted by molar-refractivity contribution is -0.192. The fourth-order valence-corrected chi connectivity index (χ4v) is 2.38. The fourth-order valence-electron chi connectivity index (χ4n) is 2.38. The normalized spacial score (nSPS) is 11.7. The van der Waals surface area contributed by atoms with Crippen LogP contribution in [0.5, 0.6) is 0 Å². The van der Waals surface area contributed by atoms with Crippen molar-refractivity contribution in [1.29, 1.82) is 0 Å². The first-order chi connectivity index (χ1) is 13.7. The number of hydrogen-bond donors (Lipinski definition) is 3. The predicted molar refractivity (Wildman–Crippen MR) is 92.3 cm³/mol. The van der Waals surface area contributed by atoms with E-state index in [2.05, 4.69) is 0 Å². The number of carboxylic acids is 2. The lowest BCUT2D eigenvalue weighted by atomic mass is 10.0. The zero-order chi connectivity index (χ0) is 23.3. The Labute approximate surface area is 164 Å². The summed E-state index contributed by atoms with van der Waals surface area (Å²) in [6, 6.07) is 4.46. The zero-order valence-electron chi connectivity index (χ0n) is 15.0. The Morgan fingerprint density at radius 3 is 2.07 bits per heavy atom. The van der Waals surface area contributed by atoms with Crippen molar-refractivity contribution >= 4 is 22.8 Å². The molecule has 2 rings (SSSR count). The molecular weight excluding hydrogens is 426 g/mol. The van der Waals surface area contributed by atoms with Gasteiger partial charge >= 0.3 is 24.3 Å². The van der Waals surface area contributed by atoms with Crippen molar-refractivity contribution in [3.05, 3.63) is 45.7 Å². The number of aromatic nitrogens is 1. The SMILES string of the molecule is NCCCc1ccc2c(c1)c(=O)c(C(=O)O)cn2CC(F)(F)F.O=C(O)C(F)(F)F. The van der Waals surface area contributed by atoms with E-state index in [-0.39, 0.29) is 10.9 Å². The van der Waals surface area contributed by atoms with Gasteiger partial charge in [0.05, 0.1) is 5.52 Å². The molecule has 0 saturated carbocycles. The van der Waals surface area contributed by atoms with Gasteiger partial charge in [-0.2, -0.15) is 26.3 Å². The van der Waals surface area contributed by atoms with Gasteiger partial charge in [0.25, 0.3) is 0 Å². The van der Waals surface area contributed by atoms with Crippen LogP contribution in [0.25, 0.3) is 10.9 Å². The quantitative estimate of drug-likeness (QED) is 0.612. The molecule has 13 heteroatoms. The van der Waals surface area contributed by atoms with Gasteiger partial charge in [0.1, 0.15) is 12.1 Å². The molecule has 0 bridgehead atoms. The van der Waals surface area contributed by atoms with E-state index < -0.39 is 41.8 Å². The van der Waals surface area contributed by atoms with Crippen LogP contribution in [0, 0.1) is 0 Å². The van der Waals surface area contributed by atoms with Crippen molar-refractivity contribution in [2.75, 3.05) is 6.54 Å². The standard InChI is InChI=1S/C15H15F3N2O3.C2HF3O2/c16-15(17,18)8-20-7-11(14(22)23)13(21)10-6-9(2-1-5-19)3-4-12(10)20;3-2(4,5)1(6)7/h3-4,6-7H,1-2,5,8,19H2,(H,22,23);(H,6,7). The molecule has 0 saturated heterocycles. The minimum atomic E-state index is -5.08. The highest BCUT2D eigenvalue weighted by Gasteiger charge is 2.38. The van der Waals surface area contributed by atoms with Gasteiger partial charge in [-0.1, -0.05) is 6.07 Å². The lowest BCUT2D eigenvalue weighted by Crippen LogP contribution is -2.24. The minimum absolute atomic E-state index is 0.0383. The van der Waals surface area contributed by atoms with Crippen molar-refractivity contribution in [1.82, 2.24) is 4.57 Å². The van der Waals surface area contributed by atoms with E-state index in [4.69, 9.17) is 20.7 Å². The van der Waals surface area contributed by atoms with E-state index in [9.17, 15) is 35.9 Å². The smallest absolute Gasteiger partial charge is 0.477 e. The van der Waals surface area contributed by atoms with Gasteiger partial charge in [-0.15, -0.1) is 0 Å². The van der Waals surface area contributed by atoms with Crippen molar-refractivity contribution in [3.8, 4) is 0 Å². The summed E-state index contributed by atoms with van der Waals surface area (Å²) in [6.45, 7) is -0.933. The number of benzene rings is 1. The molecule has 0 spiro atoms. The number of alkyl halides is 6. The average molecular weight is 442 g/mol. The van der Waals surface area contributed by atoms with Gasteiger partial charge < -0.3 is 20.5 Å². The lowest BCUT2D eigenvalue weighted by Gasteiger charge is -2.15. The maximum Gasteiger partial charge on any atom is 0.490 e. The third-order valence-corrected chi connectivity index (χ3v) is 3.64. The first-order valence-electron chi connectivity index (χ1n) is 8.13. The number of carboxylic acid groups (broad SMARTS) is 2. The van der Waals surface area contributed by atoms with Crippen LogP contribution in [-0.4, -0.2) is 45.6 Å². The fraction of sp³-hybridized carbons (Fsp3) is 0.353. The number of aliphatic carboxylic acids is 1. The molecule has 0 fully saturated rings. The third-order valence-electron chi connectivity index (χ3n) is 3.64. The molecule has 7 nitrogen and oxygen atoms in total. The number of nitrogens with zero attached hydrogens (tertiary/aromatic N) is 1. The second-order valence-electron chi connectivity index (χ2n) is 5.97. The summed E-state index contributed by atoms with van der Waals surface area (Å²) in [5.74, 6) is -4.31. The van der Waals surface area contributed by atoms with Crippen LogP contribution in [0.2, 0.25) is 0 Å². The molecule has 30 heavy (non-hydrogen) atoms. The Balaban J connectivity index is 0.000000553. The van der Waals surface area contributed by atoms with Crippen LogP contribution >= 0.6 is 0 Å². The number of halogens is 6. The molecule has 0 aliphatic heterocycles. The highest BCUT2D eigenvalue weighted by molar-refractivity contribution is 5.92. The van der Waals surface area contributed by atoms with Gasteiger partial charge in [-0.25, -0.2) is 9.59 Å². The number of nitrogens with two attached hydrogens (primary N) is 1. The average Bonchev–Trinajstić information content (AvgIpc) is 2.60.